The summed E-state index contributed by atoms with van der Waals surface area (Å²) in [5.74, 6) is 1.21. The van der Waals surface area contributed by atoms with Crippen LogP contribution in [0, 0.1) is 0 Å². The Hall–Kier alpha value is -2.88. The van der Waals surface area contributed by atoms with Gasteiger partial charge in [-0.15, -0.1) is 0 Å². The molecule has 0 aliphatic heterocycles. The number of fused-ring (bicyclic) bond motifs is 3. The van der Waals surface area contributed by atoms with Gasteiger partial charge in [-0.2, -0.15) is 0 Å². The normalized spacial score (nSPS) is 10.8. The van der Waals surface area contributed by atoms with Crippen LogP contribution in [0.25, 0.3) is 21.5 Å². The molecule has 0 saturated heterocycles. The van der Waals surface area contributed by atoms with Crippen LogP contribution >= 0.6 is 0 Å². The SMILES string of the molecule is COc1c(OC)c2ccc(C(C)=O)cc2c2cc(C(C)=O)ccc12. The average Bonchev–Trinajstić information content (AvgIpc) is 2.59. The van der Waals surface area contributed by atoms with Gasteiger partial charge in [0.15, 0.2) is 23.1 Å². The van der Waals surface area contributed by atoms with Crippen LogP contribution in [0.4, 0.5) is 0 Å². The van der Waals surface area contributed by atoms with Crippen molar-refractivity contribution in [2.45, 2.75) is 13.8 Å². The highest BCUT2D eigenvalue weighted by molar-refractivity contribution is 6.16. The van der Waals surface area contributed by atoms with Crippen LogP contribution < -0.4 is 9.47 Å². The van der Waals surface area contributed by atoms with Crippen molar-refractivity contribution in [3.8, 4) is 11.5 Å². The van der Waals surface area contributed by atoms with Gasteiger partial charge in [0, 0.05) is 21.9 Å². The van der Waals surface area contributed by atoms with E-state index in [1.807, 2.05) is 24.3 Å². The molecular weight excluding hydrogens is 304 g/mol. The second kappa shape index (κ2) is 5.96. The second-order valence-electron chi connectivity index (χ2n) is 5.70. The van der Waals surface area contributed by atoms with Crippen molar-refractivity contribution in [1.82, 2.24) is 0 Å². The van der Waals surface area contributed by atoms with Crippen molar-refractivity contribution in [2.24, 2.45) is 0 Å². The van der Waals surface area contributed by atoms with Gasteiger partial charge >= 0.3 is 0 Å². The van der Waals surface area contributed by atoms with Gasteiger partial charge in [0.05, 0.1) is 14.2 Å². The molecule has 0 saturated carbocycles. The van der Waals surface area contributed by atoms with Gasteiger partial charge in [-0.1, -0.05) is 12.1 Å². The van der Waals surface area contributed by atoms with E-state index in [-0.39, 0.29) is 11.6 Å². The first-order valence-electron chi connectivity index (χ1n) is 7.61. The molecule has 0 atom stereocenters. The summed E-state index contributed by atoms with van der Waals surface area (Å²) in [6.07, 6.45) is 0. The largest absolute Gasteiger partial charge is 0.492 e. The monoisotopic (exact) mass is 322 g/mol. The number of benzene rings is 3. The summed E-state index contributed by atoms with van der Waals surface area (Å²) in [6.45, 7) is 3.07. The molecule has 0 bridgehead atoms. The number of rotatable bonds is 4. The first kappa shape index (κ1) is 16.0. The van der Waals surface area contributed by atoms with Crippen LogP contribution in [-0.2, 0) is 0 Å². The number of carbonyl (C=O) groups excluding carboxylic acids is 2. The minimum atomic E-state index is -0.0115. The molecule has 0 fully saturated rings. The van der Waals surface area contributed by atoms with E-state index in [0.717, 1.165) is 21.5 Å². The minimum absolute atomic E-state index is 0.0115. The molecule has 0 spiro atoms. The summed E-state index contributed by atoms with van der Waals surface area (Å²) in [5, 5.41) is 3.40. The van der Waals surface area contributed by atoms with Gasteiger partial charge in [0.25, 0.3) is 0 Å². The zero-order valence-electron chi connectivity index (χ0n) is 14.1. The summed E-state index contributed by atoms with van der Waals surface area (Å²) in [7, 11) is 3.18. The number of hydrogen-bond acceptors (Lipinski definition) is 4. The third-order valence-corrected chi connectivity index (χ3v) is 4.25. The van der Waals surface area contributed by atoms with Crippen molar-refractivity contribution in [3.63, 3.8) is 0 Å². The molecule has 3 aromatic rings. The van der Waals surface area contributed by atoms with Crippen LogP contribution in [0.5, 0.6) is 11.5 Å². The highest BCUT2D eigenvalue weighted by Crippen LogP contribution is 2.43. The van der Waals surface area contributed by atoms with Crippen LogP contribution in [0.15, 0.2) is 36.4 Å². The fourth-order valence-corrected chi connectivity index (χ4v) is 3.02. The van der Waals surface area contributed by atoms with E-state index in [0.29, 0.717) is 22.6 Å². The molecule has 0 amide bonds. The van der Waals surface area contributed by atoms with Gasteiger partial charge in [0.2, 0.25) is 0 Å². The second-order valence-corrected chi connectivity index (χ2v) is 5.70. The quantitative estimate of drug-likeness (QED) is 0.527. The molecule has 0 radical (unpaired) electrons. The third kappa shape index (κ3) is 2.40. The van der Waals surface area contributed by atoms with Crippen LogP contribution in [0.3, 0.4) is 0 Å². The lowest BCUT2D eigenvalue weighted by Gasteiger charge is -2.16. The maximum atomic E-state index is 11.8. The van der Waals surface area contributed by atoms with Gasteiger partial charge in [-0.05, 0) is 48.9 Å². The minimum Gasteiger partial charge on any atom is -0.492 e. The highest BCUT2D eigenvalue weighted by atomic mass is 16.5. The molecule has 0 aromatic heterocycles. The molecular formula is C20H18O4. The molecule has 122 valence electrons. The zero-order chi connectivity index (χ0) is 17.4. The van der Waals surface area contributed by atoms with Crippen molar-refractivity contribution >= 4 is 33.1 Å². The van der Waals surface area contributed by atoms with Crippen LogP contribution in [0.1, 0.15) is 34.6 Å². The Morgan fingerprint density at radius 3 is 1.33 bits per heavy atom. The molecule has 24 heavy (non-hydrogen) atoms. The summed E-state index contributed by atoms with van der Waals surface area (Å²) >= 11 is 0. The molecule has 3 aromatic carbocycles. The Balaban J connectivity index is 2.55. The predicted molar refractivity (Wildman–Crippen MR) is 94.6 cm³/mol. The van der Waals surface area contributed by atoms with Gasteiger partial charge in [-0.3, -0.25) is 9.59 Å². The van der Waals surface area contributed by atoms with Gasteiger partial charge in [-0.25, -0.2) is 0 Å². The van der Waals surface area contributed by atoms with E-state index in [9.17, 15) is 9.59 Å². The van der Waals surface area contributed by atoms with E-state index in [2.05, 4.69) is 0 Å². The van der Waals surface area contributed by atoms with Crippen LogP contribution in [0.2, 0.25) is 0 Å². The molecule has 0 aliphatic carbocycles. The van der Waals surface area contributed by atoms with E-state index >= 15 is 0 Å². The number of hydrogen-bond donors (Lipinski definition) is 0. The Kier molecular flexibility index (Phi) is 3.97. The lowest BCUT2D eigenvalue weighted by Crippen LogP contribution is -1.98. The number of ketones is 2. The molecule has 4 heteroatoms. The van der Waals surface area contributed by atoms with Gasteiger partial charge < -0.3 is 9.47 Å². The summed E-state index contributed by atoms with van der Waals surface area (Å²) in [4.78, 5) is 23.5. The number of Topliss-reactive ketones (excluding diaryl/α,β-unsaturated/α-hetero) is 2. The maximum Gasteiger partial charge on any atom is 0.169 e. The topological polar surface area (TPSA) is 52.6 Å². The summed E-state index contributed by atoms with van der Waals surface area (Å²) in [6, 6.07) is 10.9. The fourth-order valence-electron chi connectivity index (χ4n) is 3.02. The Morgan fingerprint density at radius 2 is 1.04 bits per heavy atom. The Bertz CT molecular complexity index is 905. The highest BCUT2D eigenvalue weighted by Gasteiger charge is 2.17. The van der Waals surface area contributed by atoms with Gasteiger partial charge in [0.1, 0.15) is 0 Å². The van der Waals surface area contributed by atoms with Crippen molar-refractivity contribution in [3.05, 3.63) is 47.5 Å². The van der Waals surface area contributed by atoms with E-state index in [1.54, 1.807) is 26.4 Å². The molecule has 0 aliphatic rings. The standard InChI is InChI=1S/C20H18O4/c1-11(21)13-5-7-15-17(9-13)18-10-14(12(2)22)6-8-16(18)20(24-4)19(15)23-3/h5-10H,1-4H3. The van der Waals surface area contributed by atoms with Crippen molar-refractivity contribution in [1.29, 1.82) is 0 Å². The maximum absolute atomic E-state index is 11.8. The molecule has 0 unspecified atom stereocenters. The lowest BCUT2D eigenvalue weighted by molar-refractivity contribution is 0.100. The van der Waals surface area contributed by atoms with E-state index in [4.69, 9.17) is 9.47 Å². The fraction of sp³-hybridized carbons (Fsp3) is 0.200. The summed E-state index contributed by atoms with van der Waals surface area (Å²) < 4.78 is 11.1. The number of carbonyl (C=O) groups is 2. The van der Waals surface area contributed by atoms with Crippen molar-refractivity contribution in [2.75, 3.05) is 14.2 Å². The van der Waals surface area contributed by atoms with Crippen LogP contribution in [-0.4, -0.2) is 25.8 Å². The predicted octanol–water partition coefficient (Wildman–Crippen LogP) is 4.42. The molecule has 0 N–H and O–H groups in total. The first-order valence-corrected chi connectivity index (χ1v) is 7.61. The van der Waals surface area contributed by atoms with E-state index in [1.165, 1.54) is 13.8 Å². The van der Waals surface area contributed by atoms with E-state index < -0.39 is 0 Å². The number of ether oxygens (including phenoxy) is 2. The lowest BCUT2D eigenvalue weighted by atomic mass is 9.95. The molecule has 4 nitrogen and oxygen atoms in total. The average molecular weight is 322 g/mol. The Labute approximate surface area is 140 Å². The third-order valence-electron chi connectivity index (χ3n) is 4.25. The zero-order valence-corrected chi connectivity index (χ0v) is 14.1. The van der Waals surface area contributed by atoms with Crippen molar-refractivity contribution < 1.29 is 19.1 Å². The molecule has 3 rings (SSSR count). The molecule has 0 heterocycles. The first-order chi connectivity index (χ1) is 11.5. The summed E-state index contributed by atoms with van der Waals surface area (Å²) in [5.41, 5.74) is 1.23. The smallest absolute Gasteiger partial charge is 0.169 e. The number of methoxy groups -OCH3 is 2. The Morgan fingerprint density at radius 1 is 0.667 bits per heavy atom.